The van der Waals surface area contributed by atoms with Crippen LogP contribution in [0.15, 0.2) is 11.2 Å². The summed E-state index contributed by atoms with van der Waals surface area (Å²) in [7, 11) is 0. The van der Waals surface area contributed by atoms with E-state index in [9.17, 15) is 0 Å². The fourth-order valence-electron chi connectivity index (χ4n) is 2.23. The van der Waals surface area contributed by atoms with E-state index in [1.54, 1.807) is 0 Å². The first kappa shape index (κ1) is 8.71. The van der Waals surface area contributed by atoms with Crippen LogP contribution in [0.1, 0.15) is 30.2 Å². The molecule has 0 saturated carbocycles. The second kappa shape index (κ2) is 2.95. The second-order valence-corrected chi connectivity index (χ2v) is 4.40. The maximum Gasteiger partial charge on any atom is 0.185 e. The van der Waals surface area contributed by atoms with Crippen LogP contribution in [-0.4, -0.2) is 10.8 Å². The molecule has 1 aromatic rings. The molecule has 1 aliphatic carbocycles. The molecule has 15 heavy (non-hydrogen) atoms. The van der Waals surface area contributed by atoms with E-state index in [4.69, 9.17) is 5.73 Å². The number of rotatable bonds is 0. The molecule has 0 aromatic carbocycles. The molecule has 4 nitrogen and oxygen atoms in total. The van der Waals surface area contributed by atoms with E-state index in [0.29, 0.717) is 11.7 Å². The SMILES string of the molecule is CC1CCc2cc3c(nc2C1)[N]N=C3N. The summed E-state index contributed by atoms with van der Waals surface area (Å²) in [5.41, 5.74) is 13.1. The first-order valence-corrected chi connectivity index (χ1v) is 5.31. The number of hydrogen-bond donors (Lipinski definition) is 1. The highest BCUT2D eigenvalue weighted by molar-refractivity contribution is 6.03. The van der Waals surface area contributed by atoms with Crippen LogP contribution in [-0.2, 0) is 12.8 Å². The summed E-state index contributed by atoms with van der Waals surface area (Å²) in [5, 5.41) is 3.85. The van der Waals surface area contributed by atoms with Crippen molar-refractivity contribution in [3.63, 3.8) is 0 Å². The minimum atomic E-state index is 0.499. The summed E-state index contributed by atoms with van der Waals surface area (Å²) in [6.45, 7) is 2.26. The van der Waals surface area contributed by atoms with Gasteiger partial charge in [0.05, 0.1) is 5.56 Å². The van der Waals surface area contributed by atoms with Gasteiger partial charge in [-0.15, -0.1) is 10.5 Å². The number of aryl methyl sites for hydroxylation is 1. The molecule has 4 heteroatoms. The monoisotopic (exact) mass is 201 g/mol. The van der Waals surface area contributed by atoms with Crippen LogP contribution < -0.4 is 11.2 Å². The van der Waals surface area contributed by atoms with Crippen LogP contribution in [0.2, 0.25) is 0 Å². The van der Waals surface area contributed by atoms with Crippen LogP contribution >= 0.6 is 0 Å². The van der Waals surface area contributed by atoms with Gasteiger partial charge in [0.2, 0.25) is 0 Å². The van der Waals surface area contributed by atoms with Crippen LogP contribution in [0.3, 0.4) is 0 Å². The van der Waals surface area contributed by atoms with Crippen LogP contribution in [0.5, 0.6) is 0 Å². The molecule has 1 aliphatic heterocycles. The van der Waals surface area contributed by atoms with E-state index in [2.05, 4.69) is 28.5 Å². The minimum absolute atomic E-state index is 0.499. The molecule has 77 valence electrons. The number of pyridine rings is 1. The smallest absolute Gasteiger partial charge is 0.185 e. The maximum absolute atomic E-state index is 5.72. The second-order valence-electron chi connectivity index (χ2n) is 4.40. The summed E-state index contributed by atoms with van der Waals surface area (Å²) in [4.78, 5) is 4.53. The van der Waals surface area contributed by atoms with Gasteiger partial charge in [0, 0.05) is 5.69 Å². The Morgan fingerprint density at radius 3 is 3.20 bits per heavy atom. The maximum atomic E-state index is 5.72. The Labute approximate surface area is 88.6 Å². The van der Waals surface area contributed by atoms with Gasteiger partial charge in [-0.05, 0) is 36.8 Å². The number of amidine groups is 1. The molecular weight excluding hydrogens is 188 g/mol. The zero-order chi connectivity index (χ0) is 10.4. The van der Waals surface area contributed by atoms with Gasteiger partial charge in [-0.2, -0.15) is 0 Å². The number of hydrogen-bond acceptors (Lipinski definition) is 3. The molecule has 0 fully saturated rings. The molecule has 2 heterocycles. The Kier molecular flexibility index (Phi) is 1.71. The highest BCUT2D eigenvalue weighted by atomic mass is 15.4. The number of fused-ring (bicyclic) bond motifs is 2. The highest BCUT2D eigenvalue weighted by Crippen LogP contribution is 2.29. The van der Waals surface area contributed by atoms with Crippen molar-refractivity contribution in [3.8, 4) is 0 Å². The van der Waals surface area contributed by atoms with Crippen molar-refractivity contribution in [1.82, 2.24) is 10.4 Å². The van der Waals surface area contributed by atoms with Gasteiger partial charge in [-0.25, -0.2) is 4.98 Å². The van der Waals surface area contributed by atoms with E-state index >= 15 is 0 Å². The van der Waals surface area contributed by atoms with Crippen LogP contribution in [0, 0.1) is 5.92 Å². The lowest BCUT2D eigenvalue weighted by molar-refractivity contribution is 0.492. The van der Waals surface area contributed by atoms with Crippen molar-refractivity contribution in [1.29, 1.82) is 0 Å². The topological polar surface area (TPSA) is 65.4 Å². The van der Waals surface area contributed by atoms with Crippen LogP contribution in [0.4, 0.5) is 5.82 Å². The van der Waals surface area contributed by atoms with Crippen molar-refractivity contribution in [2.45, 2.75) is 26.2 Å². The molecule has 0 saturated heterocycles. The van der Waals surface area contributed by atoms with Gasteiger partial charge < -0.3 is 5.73 Å². The highest BCUT2D eigenvalue weighted by Gasteiger charge is 2.23. The molecule has 1 radical (unpaired) electrons. The van der Waals surface area contributed by atoms with Crippen molar-refractivity contribution in [2.24, 2.45) is 16.8 Å². The van der Waals surface area contributed by atoms with E-state index in [1.165, 1.54) is 17.7 Å². The van der Waals surface area contributed by atoms with Gasteiger partial charge in [0.1, 0.15) is 0 Å². The third-order valence-electron chi connectivity index (χ3n) is 3.15. The van der Waals surface area contributed by atoms with E-state index in [-0.39, 0.29) is 0 Å². The summed E-state index contributed by atoms with van der Waals surface area (Å²) in [6, 6.07) is 2.11. The van der Waals surface area contributed by atoms with Gasteiger partial charge in [-0.1, -0.05) is 6.92 Å². The largest absolute Gasteiger partial charge is 0.382 e. The standard InChI is InChI=1S/C11H13N4/c1-6-2-3-7-5-8-10(12)14-15-11(8)13-9(7)4-6/h5-6H,2-4H2,1H3,(H2,12,14). The first-order valence-electron chi connectivity index (χ1n) is 5.31. The first-order chi connectivity index (χ1) is 7.24. The van der Waals surface area contributed by atoms with E-state index in [1.807, 2.05) is 0 Å². The minimum Gasteiger partial charge on any atom is -0.382 e. The third kappa shape index (κ3) is 1.28. The molecule has 2 aliphatic rings. The lowest BCUT2D eigenvalue weighted by Crippen LogP contribution is -2.16. The lowest BCUT2D eigenvalue weighted by atomic mass is 9.87. The molecule has 1 aromatic heterocycles. The Balaban J connectivity index is 2.09. The quantitative estimate of drug-likeness (QED) is 0.682. The molecule has 0 amide bonds. The van der Waals surface area contributed by atoms with Crippen LogP contribution in [0.25, 0.3) is 0 Å². The molecule has 1 atom stereocenters. The van der Waals surface area contributed by atoms with Gasteiger partial charge in [-0.3, -0.25) is 0 Å². The average Bonchev–Trinajstić information content (AvgIpc) is 2.57. The van der Waals surface area contributed by atoms with Crippen molar-refractivity contribution in [3.05, 3.63) is 22.9 Å². The number of aromatic nitrogens is 1. The molecule has 0 spiro atoms. The average molecular weight is 201 g/mol. The third-order valence-corrected chi connectivity index (χ3v) is 3.15. The summed E-state index contributed by atoms with van der Waals surface area (Å²) in [6.07, 6.45) is 3.39. The Morgan fingerprint density at radius 1 is 1.47 bits per heavy atom. The van der Waals surface area contributed by atoms with Gasteiger partial charge >= 0.3 is 0 Å². The Hall–Kier alpha value is -1.58. The molecule has 2 N–H and O–H groups in total. The summed E-state index contributed by atoms with van der Waals surface area (Å²) >= 11 is 0. The normalized spacial score (nSPS) is 22.7. The van der Waals surface area contributed by atoms with Crippen molar-refractivity contribution < 1.29 is 0 Å². The Bertz CT molecular complexity index is 450. The van der Waals surface area contributed by atoms with Gasteiger partial charge in [0.15, 0.2) is 11.7 Å². The number of nitrogens with zero attached hydrogens (tertiary/aromatic N) is 3. The Morgan fingerprint density at radius 2 is 2.33 bits per heavy atom. The molecular formula is C11H13N4. The molecule has 1 unspecified atom stereocenters. The predicted octanol–water partition coefficient (Wildman–Crippen LogP) is 1.08. The molecule has 0 bridgehead atoms. The van der Waals surface area contributed by atoms with E-state index in [0.717, 1.165) is 24.3 Å². The van der Waals surface area contributed by atoms with Gasteiger partial charge in [0.25, 0.3) is 0 Å². The van der Waals surface area contributed by atoms with Crippen molar-refractivity contribution in [2.75, 3.05) is 0 Å². The summed E-state index contributed by atoms with van der Waals surface area (Å²) in [5.74, 6) is 1.92. The van der Waals surface area contributed by atoms with E-state index < -0.39 is 0 Å². The molecule has 3 rings (SSSR count). The zero-order valence-corrected chi connectivity index (χ0v) is 8.70. The fraction of sp³-hybridized carbons (Fsp3) is 0.455. The number of nitrogens with two attached hydrogens (primary N) is 1. The summed E-state index contributed by atoms with van der Waals surface area (Å²) < 4.78 is 0. The van der Waals surface area contributed by atoms with Crippen molar-refractivity contribution >= 4 is 11.7 Å². The fourth-order valence-corrected chi connectivity index (χ4v) is 2.23. The predicted molar refractivity (Wildman–Crippen MR) is 57.9 cm³/mol. The zero-order valence-electron chi connectivity index (χ0n) is 8.70. The lowest BCUT2D eigenvalue weighted by Gasteiger charge is -2.20.